The average molecular weight is 818 g/mol. The van der Waals surface area contributed by atoms with Crippen molar-refractivity contribution in [3.63, 3.8) is 0 Å². The van der Waals surface area contributed by atoms with Gasteiger partial charge in [-0.05, 0) is 84.8 Å². The van der Waals surface area contributed by atoms with Crippen molar-refractivity contribution in [1.29, 1.82) is 0 Å². The number of halogens is 1. The maximum Gasteiger partial charge on any atom is 0.255 e. The number of fused-ring (bicyclic) bond motifs is 2. The van der Waals surface area contributed by atoms with E-state index in [4.69, 9.17) is 22.9 Å². The van der Waals surface area contributed by atoms with Gasteiger partial charge in [0, 0.05) is 105 Å². The number of piperidine rings is 2. The number of carbonyl (C=O) groups excluding carboxylic acids is 4. The first-order valence-electron chi connectivity index (χ1n) is 21.0. The first-order chi connectivity index (χ1) is 28.2. The zero-order valence-electron chi connectivity index (χ0n) is 34.3. The number of benzene rings is 3. The number of imide groups is 1. The molecule has 1 N–H and O–H groups in total. The van der Waals surface area contributed by atoms with Gasteiger partial charge in [0.15, 0.2) is 0 Å². The van der Waals surface area contributed by atoms with Crippen LogP contribution in [0.3, 0.4) is 0 Å². The molecular weight excluding hydrogens is 766 g/mol. The van der Waals surface area contributed by atoms with Crippen molar-refractivity contribution in [2.45, 2.75) is 84.7 Å². The summed E-state index contributed by atoms with van der Waals surface area (Å²) in [6, 6.07) is 17.0. The molecule has 0 spiro atoms. The summed E-state index contributed by atoms with van der Waals surface area (Å²) in [4.78, 5) is 65.8. The quantitative estimate of drug-likeness (QED) is 0.202. The van der Waals surface area contributed by atoms with Crippen molar-refractivity contribution >= 4 is 52.3 Å². The molecule has 1 atom stereocenters. The summed E-state index contributed by atoms with van der Waals surface area (Å²) in [5.41, 5.74) is 5.56. The highest BCUT2D eigenvalue weighted by molar-refractivity contribution is 6.33. The van der Waals surface area contributed by atoms with Crippen molar-refractivity contribution in [2.75, 3.05) is 55.6 Å². The zero-order chi connectivity index (χ0) is 41.4. The third-order valence-corrected chi connectivity index (χ3v) is 14.3. The van der Waals surface area contributed by atoms with E-state index in [0.717, 1.165) is 81.0 Å². The molecule has 6 aliphatic rings. The van der Waals surface area contributed by atoms with Crippen LogP contribution < -0.4 is 19.9 Å². The standard InChI is InChI=1S/C46H52ClN7O5/c1-45(2)43(46(3,4)44(45)59-33-8-11-37(48-5)36(47)24-33)54-27-30-23-31(6-10-35(30)42(54)58)51-16-14-28(15-17-51)25-50-18-20-52(21-19-50)32-7-9-34-29(22-32)26-53(41(34)57)38-12-13-39(55)49-40(38)56/h6-11,22-24,28,38,43-44H,12-21,25-27H2,1-4H3,(H,49,55,56). The third kappa shape index (κ3) is 6.90. The van der Waals surface area contributed by atoms with E-state index in [1.165, 1.54) is 5.69 Å². The van der Waals surface area contributed by atoms with Crippen molar-refractivity contribution < 1.29 is 23.9 Å². The van der Waals surface area contributed by atoms with Gasteiger partial charge in [-0.3, -0.25) is 29.4 Å². The van der Waals surface area contributed by atoms with Crippen molar-refractivity contribution in [1.82, 2.24) is 20.0 Å². The maximum absolute atomic E-state index is 13.9. The van der Waals surface area contributed by atoms with E-state index in [1.54, 1.807) is 23.1 Å². The summed E-state index contributed by atoms with van der Waals surface area (Å²) in [7, 11) is 0. The largest absolute Gasteiger partial charge is 0.489 e. The Balaban J connectivity index is 0.759. The second-order valence-corrected chi connectivity index (χ2v) is 18.9. The van der Waals surface area contributed by atoms with Gasteiger partial charge in [-0.1, -0.05) is 45.4 Å². The number of amides is 4. The molecule has 9 rings (SSSR count). The number of nitrogens with zero attached hydrogens (tertiary/aromatic N) is 6. The van der Waals surface area contributed by atoms with Gasteiger partial charge in [-0.15, -0.1) is 0 Å². The van der Waals surface area contributed by atoms with E-state index >= 15 is 0 Å². The van der Waals surface area contributed by atoms with Crippen LogP contribution in [0.2, 0.25) is 5.02 Å². The molecule has 1 saturated carbocycles. The van der Waals surface area contributed by atoms with Gasteiger partial charge in [0.1, 0.15) is 17.9 Å². The number of piperazine rings is 1. The summed E-state index contributed by atoms with van der Waals surface area (Å²) in [6.45, 7) is 23.9. The molecule has 4 fully saturated rings. The molecule has 5 aliphatic heterocycles. The van der Waals surface area contributed by atoms with Crippen LogP contribution >= 0.6 is 11.6 Å². The highest BCUT2D eigenvalue weighted by atomic mass is 35.5. The highest BCUT2D eigenvalue weighted by Gasteiger charge is 2.67. The Bertz CT molecular complexity index is 2250. The molecule has 13 heteroatoms. The fourth-order valence-electron chi connectivity index (χ4n) is 11.4. The SMILES string of the molecule is [C-]#[N+]c1ccc(OC2C(C)(C)C(N3Cc4cc(N5CCC(CN6CCN(c7ccc8c(c7)CN(C7CCC(=O)NC7=O)C8=O)CC6)CC5)ccc4C3=O)C2(C)C)cc1Cl. The van der Waals surface area contributed by atoms with Crippen LogP contribution in [0.1, 0.15) is 85.2 Å². The smallest absolute Gasteiger partial charge is 0.255 e. The van der Waals surface area contributed by atoms with Crippen LogP contribution in [0.25, 0.3) is 4.85 Å². The molecule has 3 aromatic rings. The number of hydrogen-bond acceptors (Lipinski definition) is 8. The number of hydrogen-bond donors (Lipinski definition) is 1. The molecule has 3 aromatic carbocycles. The molecule has 5 heterocycles. The van der Waals surface area contributed by atoms with E-state index < -0.39 is 6.04 Å². The lowest BCUT2D eigenvalue weighted by molar-refractivity contribution is -0.199. The summed E-state index contributed by atoms with van der Waals surface area (Å²) < 4.78 is 6.52. The Morgan fingerprint density at radius 3 is 1.95 bits per heavy atom. The monoisotopic (exact) mass is 817 g/mol. The van der Waals surface area contributed by atoms with E-state index in [-0.39, 0.29) is 53.0 Å². The minimum Gasteiger partial charge on any atom is -0.489 e. The Morgan fingerprint density at radius 2 is 1.36 bits per heavy atom. The minimum absolute atomic E-state index is 0.0177. The number of rotatable bonds is 8. The molecule has 1 unspecified atom stereocenters. The summed E-state index contributed by atoms with van der Waals surface area (Å²) >= 11 is 6.32. The predicted molar refractivity (Wildman–Crippen MR) is 226 cm³/mol. The molecule has 12 nitrogen and oxygen atoms in total. The Morgan fingerprint density at radius 1 is 0.763 bits per heavy atom. The summed E-state index contributed by atoms with van der Waals surface area (Å²) in [6.07, 6.45) is 2.73. The molecular formula is C46H52ClN7O5. The lowest BCUT2D eigenvalue weighted by atomic mass is 9.49. The second kappa shape index (κ2) is 14.9. The average Bonchev–Trinajstić information content (AvgIpc) is 3.71. The maximum atomic E-state index is 13.9. The molecule has 3 saturated heterocycles. The second-order valence-electron chi connectivity index (χ2n) is 18.5. The predicted octanol–water partition coefficient (Wildman–Crippen LogP) is 6.53. The fourth-order valence-corrected chi connectivity index (χ4v) is 11.6. The van der Waals surface area contributed by atoms with Crippen molar-refractivity contribution in [2.24, 2.45) is 16.7 Å². The number of carbonyl (C=O) groups is 4. The third-order valence-electron chi connectivity index (χ3n) is 14.0. The van der Waals surface area contributed by atoms with Gasteiger partial charge in [0.05, 0.1) is 11.6 Å². The zero-order valence-corrected chi connectivity index (χ0v) is 35.1. The van der Waals surface area contributed by atoms with Crippen molar-refractivity contribution in [3.8, 4) is 5.75 Å². The summed E-state index contributed by atoms with van der Waals surface area (Å²) in [5.74, 6) is 0.554. The van der Waals surface area contributed by atoms with Crippen LogP contribution in [-0.2, 0) is 22.7 Å². The Labute approximate surface area is 351 Å². The molecule has 0 bridgehead atoms. The summed E-state index contributed by atoms with van der Waals surface area (Å²) in [5, 5.41) is 2.76. The first-order valence-corrected chi connectivity index (χ1v) is 21.4. The van der Waals surface area contributed by atoms with Crippen molar-refractivity contribution in [3.05, 3.63) is 93.3 Å². The van der Waals surface area contributed by atoms with Crippen LogP contribution in [0.15, 0.2) is 54.6 Å². The van der Waals surface area contributed by atoms with Gasteiger partial charge >= 0.3 is 0 Å². The van der Waals surface area contributed by atoms with Gasteiger partial charge < -0.3 is 24.3 Å². The molecule has 308 valence electrons. The number of ether oxygens (including phenoxy) is 1. The number of anilines is 2. The van der Waals surface area contributed by atoms with Crippen LogP contribution in [0.4, 0.5) is 17.1 Å². The fraction of sp³-hybridized carbons (Fsp3) is 0.500. The first kappa shape index (κ1) is 39.3. The Kier molecular flexibility index (Phi) is 9.91. The van der Waals surface area contributed by atoms with Gasteiger partial charge in [-0.25, -0.2) is 4.85 Å². The molecule has 0 radical (unpaired) electrons. The minimum atomic E-state index is -0.602. The highest BCUT2D eigenvalue weighted by Crippen LogP contribution is 2.59. The van der Waals surface area contributed by atoms with Gasteiger partial charge in [-0.2, -0.15) is 0 Å². The molecule has 1 aliphatic carbocycles. The normalized spacial score (nSPS) is 25.4. The van der Waals surface area contributed by atoms with E-state index in [2.05, 4.69) is 75.7 Å². The van der Waals surface area contributed by atoms with Crippen LogP contribution in [0.5, 0.6) is 5.75 Å². The topological polar surface area (TPSA) is 110 Å². The van der Waals surface area contributed by atoms with Crippen LogP contribution in [-0.4, -0.2) is 102 Å². The lowest BCUT2D eigenvalue weighted by Crippen LogP contribution is -2.74. The molecule has 4 amide bonds. The van der Waals surface area contributed by atoms with Gasteiger partial charge in [0.2, 0.25) is 17.5 Å². The molecule has 0 aromatic heterocycles. The van der Waals surface area contributed by atoms with E-state index in [0.29, 0.717) is 47.5 Å². The van der Waals surface area contributed by atoms with E-state index in [9.17, 15) is 19.2 Å². The van der Waals surface area contributed by atoms with E-state index in [1.807, 2.05) is 18.2 Å². The Hall–Kier alpha value is -5.12. The number of nitrogens with one attached hydrogen (secondary N) is 1. The van der Waals surface area contributed by atoms with Crippen LogP contribution in [0, 0.1) is 23.3 Å². The lowest BCUT2D eigenvalue weighted by Gasteiger charge is -2.65. The van der Waals surface area contributed by atoms with Gasteiger partial charge in [0.25, 0.3) is 11.8 Å². The molecule has 59 heavy (non-hydrogen) atoms.